The van der Waals surface area contributed by atoms with Crippen LogP contribution in [-0.2, 0) is 14.9 Å². The highest BCUT2D eigenvalue weighted by Crippen LogP contribution is 2.40. The predicted octanol–water partition coefficient (Wildman–Crippen LogP) is 3.88. The number of nitrogens with one attached hydrogen (secondary N) is 1. The highest BCUT2D eigenvalue weighted by molar-refractivity contribution is 6.18. The van der Waals surface area contributed by atoms with Gasteiger partial charge in [0.25, 0.3) is 11.8 Å². The summed E-state index contributed by atoms with van der Waals surface area (Å²) in [6.45, 7) is 5.63. The van der Waals surface area contributed by atoms with E-state index in [0.717, 1.165) is 12.1 Å². The number of esters is 1. The van der Waals surface area contributed by atoms with Crippen LogP contribution in [0.5, 0.6) is 0 Å². The largest absolute Gasteiger partial charge is 0.462 e. The smallest absolute Gasteiger partial charge is 0.341 e. The summed E-state index contributed by atoms with van der Waals surface area (Å²) in [7, 11) is 3.27. The molecule has 36 heavy (non-hydrogen) atoms. The molecule has 0 spiro atoms. The van der Waals surface area contributed by atoms with Gasteiger partial charge in [-0.15, -0.1) is 0 Å². The molecule has 0 radical (unpaired) electrons. The number of nitrogens with zero attached hydrogens (tertiary/aromatic N) is 3. The summed E-state index contributed by atoms with van der Waals surface area (Å²) in [5, 5.41) is 0.625. The van der Waals surface area contributed by atoms with E-state index in [1.807, 2.05) is 13.8 Å². The van der Waals surface area contributed by atoms with E-state index in [1.165, 1.54) is 28.3 Å². The van der Waals surface area contributed by atoms with Crippen LogP contribution in [0.1, 0.15) is 52.7 Å². The van der Waals surface area contributed by atoms with Gasteiger partial charge in [-0.05, 0) is 36.8 Å². The van der Waals surface area contributed by atoms with Crippen molar-refractivity contribution in [3.63, 3.8) is 0 Å². The van der Waals surface area contributed by atoms with Crippen LogP contribution in [0.4, 0.5) is 8.78 Å². The van der Waals surface area contributed by atoms with E-state index in [1.54, 1.807) is 27.1 Å². The maximum Gasteiger partial charge on any atom is 0.341 e. The molecule has 4 rings (SSSR count). The summed E-state index contributed by atoms with van der Waals surface area (Å²) < 4.78 is 32.6. The van der Waals surface area contributed by atoms with Crippen LogP contribution >= 0.6 is 0 Å². The molecule has 1 aliphatic rings. The van der Waals surface area contributed by atoms with Crippen LogP contribution in [0.2, 0.25) is 0 Å². The molecule has 1 aliphatic heterocycles. The van der Waals surface area contributed by atoms with Crippen molar-refractivity contribution in [1.29, 1.82) is 0 Å². The second kappa shape index (κ2) is 9.18. The van der Waals surface area contributed by atoms with Crippen molar-refractivity contribution in [1.82, 2.24) is 19.8 Å². The minimum atomic E-state index is -1.15. The molecule has 0 atom stereocenters. The Balaban J connectivity index is 1.91. The van der Waals surface area contributed by atoms with Crippen molar-refractivity contribution in [3.05, 3.63) is 70.7 Å². The molecule has 8 nitrogen and oxygen atoms in total. The number of carbonyl (C=O) groups is 3. The van der Waals surface area contributed by atoms with Crippen molar-refractivity contribution >= 4 is 34.4 Å². The van der Waals surface area contributed by atoms with Crippen LogP contribution in [0.3, 0.4) is 0 Å². The molecule has 0 aliphatic carbocycles. The van der Waals surface area contributed by atoms with Gasteiger partial charge in [0.2, 0.25) is 0 Å². The van der Waals surface area contributed by atoms with Gasteiger partial charge in [0, 0.05) is 49.4 Å². The van der Waals surface area contributed by atoms with Crippen LogP contribution in [0.25, 0.3) is 16.6 Å². The van der Waals surface area contributed by atoms with Crippen molar-refractivity contribution < 1.29 is 27.9 Å². The number of H-pyrrole nitrogens is 1. The number of halogens is 2. The Kier molecular flexibility index (Phi) is 6.38. The molecular weight excluding hydrogens is 470 g/mol. The molecule has 0 bridgehead atoms. The number of rotatable bonds is 4. The molecule has 0 saturated carbocycles. The average molecular weight is 497 g/mol. The molecule has 0 unspecified atom stereocenters. The number of amides is 2. The van der Waals surface area contributed by atoms with Gasteiger partial charge in [-0.1, -0.05) is 13.8 Å². The van der Waals surface area contributed by atoms with E-state index in [0.29, 0.717) is 27.9 Å². The normalized spacial score (nSPS) is 14.6. The monoisotopic (exact) mass is 496 g/mol. The first-order valence-electron chi connectivity index (χ1n) is 11.3. The number of carbonyl (C=O) groups excluding carboxylic acids is 3. The highest BCUT2D eigenvalue weighted by Gasteiger charge is 2.38. The fourth-order valence-electron chi connectivity index (χ4n) is 4.41. The van der Waals surface area contributed by atoms with E-state index in [4.69, 9.17) is 4.74 Å². The summed E-state index contributed by atoms with van der Waals surface area (Å²) in [6.07, 6.45) is 2.82. The second-order valence-corrected chi connectivity index (χ2v) is 9.40. The lowest BCUT2D eigenvalue weighted by atomic mass is 9.81. The summed E-state index contributed by atoms with van der Waals surface area (Å²) in [4.78, 5) is 49.3. The zero-order valence-electron chi connectivity index (χ0n) is 20.6. The second-order valence-electron chi connectivity index (χ2n) is 9.40. The maximum atomic E-state index is 13.9. The van der Waals surface area contributed by atoms with Gasteiger partial charge in [-0.3, -0.25) is 9.59 Å². The standard InChI is InChI=1S/C26H26F2N4O4/c1-6-36-25(35)17-12-32(24(34)14-7-8-18(27)19(28)10-14)13-26(2,3)20-16-9-15(23(33)31(4)5)11-29-22(16)30-21(17)20/h7-12H,6,13H2,1-5H3,(H,29,30). The van der Waals surface area contributed by atoms with E-state index < -0.39 is 28.9 Å². The Bertz CT molecular complexity index is 1420. The van der Waals surface area contributed by atoms with Crippen LogP contribution in [-0.4, -0.2) is 64.8 Å². The first-order chi connectivity index (χ1) is 16.9. The van der Waals surface area contributed by atoms with E-state index >= 15 is 0 Å². The topological polar surface area (TPSA) is 95.6 Å². The minimum Gasteiger partial charge on any atom is -0.462 e. The first kappa shape index (κ1) is 25.0. The Hall–Kier alpha value is -4.08. The predicted molar refractivity (Wildman–Crippen MR) is 129 cm³/mol. The molecule has 3 aromatic rings. The van der Waals surface area contributed by atoms with Gasteiger partial charge in [0.05, 0.1) is 23.4 Å². The van der Waals surface area contributed by atoms with Crippen LogP contribution in [0, 0.1) is 11.6 Å². The Morgan fingerprint density at radius 2 is 1.86 bits per heavy atom. The molecule has 0 fully saturated rings. The molecule has 2 aromatic heterocycles. The molecular formula is C26H26F2N4O4. The third kappa shape index (κ3) is 4.34. The van der Waals surface area contributed by atoms with Gasteiger partial charge >= 0.3 is 5.97 Å². The number of fused-ring (bicyclic) bond motifs is 3. The van der Waals surface area contributed by atoms with Gasteiger partial charge < -0.3 is 19.5 Å². The lowest BCUT2D eigenvalue weighted by molar-refractivity contribution is -0.136. The average Bonchev–Trinajstić information content (AvgIpc) is 3.16. The third-order valence-electron chi connectivity index (χ3n) is 6.02. The maximum absolute atomic E-state index is 13.9. The zero-order chi connectivity index (χ0) is 26.4. The first-order valence-corrected chi connectivity index (χ1v) is 11.3. The molecule has 10 heteroatoms. The summed E-state index contributed by atoms with van der Waals surface area (Å²) in [5.41, 5.74) is 1.18. The number of aromatic amines is 1. The third-order valence-corrected chi connectivity index (χ3v) is 6.02. The quantitative estimate of drug-likeness (QED) is 0.553. The fraction of sp³-hybridized carbons (Fsp3) is 0.308. The Morgan fingerprint density at radius 3 is 2.50 bits per heavy atom. The minimum absolute atomic E-state index is 0.0693. The molecule has 3 heterocycles. The van der Waals surface area contributed by atoms with E-state index in [2.05, 4.69) is 9.97 Å². The fourth-order valence-corrected chi connectivity index (χ4v) is 4.41. The Morgan fingerprint density at radius 1 is 1.14 bits per heavy atom. The van der Waals surface area contributed by atoms with Gasteiger partial charge in [0.15, 0.2) is 11.6 Å². The number of ether oxygens (including phenoxy) is 1. The van der Waals surface area contributed by atoms with Crippen molar-refractivity contribution in [3.8, 4) is 0 Å². The molecule has 1 aromatic carbocycles. The van der Waals surface area contributed by atoms with Gasteiger partial charge in [-0.2, -0.15) is 0 Å². The van der Waals surface area contributed by atoms with E-state index in [-0.39, 0.29) is 30.2 Å². The summed E-state index contributed by atoms with van der Waals surface area (Å²) >= 11 is 0. The van der Waals surface area contributed by atoms with Crippen LogP contribution in [0.15, 0.2) is 36.7 Å². The van der Waals surface area contributed by atoms with Gasteiger partial charge in [0.1, 0.15) is 5.65 Å². The number of pyridine rings is 1. The Labute approximate surface area is 206 Å². The summed E-state index contributed by atoms with van der Waals surface area (Å²) in [6, 6.07) is 4.60. The number of hydrogen-bond acceptors (Lipinski definition) is 5. The number of aromatic nitrogens is 2. The van der Waals surface area contributed by atoms with Crippen molar-refractivity contribution in [2.24, 2.45) is 0 Å². The molecule has 0 saturated heterocycles. The lowest BCUT2D eigenvalue weighted by Crippen LogP contribution is -2.37. The number of benzene rings is 1. The molecule has 188 valence electrons. The highest BCUT2D eigenvalue weighted by atomic mass is 19.2. The SMILES string of the molecule is CCOC(=O)C1=CN(C(=O)c2ccc(F)c(F)c2)CC(C)(C)c2c1[nH]c1ncc(C(=O)N(C)C)cc21. The zero-order valence-corrected chi connectivity index (χ0v) is 20.6. The molecule has 2 amide bonds. The van der Waals surface area contributed by atoms with Crippen molar-refractivity contribution in [2.75, 3.05) is 27.2 Å². The van der Waals surface area contributed by atoms with Crippen LogP contribution < -0.4 is 0 Å². The number of hydrogen-bond donors (Lipinski definition) is 1. The van der Waals surface area contributed by atoms with Crippen molar-refractivity contribution in [2.45, 2.75) is 26.2 Å². The van der Waals surface area contributed by atoms with Gasteiger partial charge in [-0.25, -0.2) is 18.6 Å². The summed E-state index contributed by atoms with van der Waals surface area (Å²) in [5.74, 6) is -3.73. The lowest BCUT2D eigenvalue weighted by Gasteiger charge is -2.29. The van der Waals surface area contributed by atoms with E-state index in [9.17, 15) is 23.2 Å². The molecule has 1 N–H and O–H groups in total.